The van der Waals surface area contributed by atoms with Crippen LogP contribution in [-0.2, 0) is 12.8 Å². The molecule has 0 unspecified atom stereocenters. The number of fused-ring (bicyclic) bond motifs is 1. The van der Waals surface area contributed by atoms with Gasteiger partial charge in [-0.3, -0.25) is 0 Å². The molecule has 4 aromatic rings. The van der Waals surface area contributed by atoms with Crippen LogP contribution in [0.15, 0.2) is 35.0 Å². The molecule has 0 atom stereocenters. The molecule has 0 N–H and O–H groups in total. The van der Waals surface area contributed by atoms with Crippen LogP contribution in [0.3, 0.4) is 0 Å². The van der Waals surface area contributed by atoms with Crippen LogP contribution in [0.5, 0.6) is 0 Å². The molecule has 0 amide bonds. The minimum absolute atomic E-state index is 1.26. The van der Waals surface area contributed by atoms with Gasteiger partial charge in [0, 0.05) is 40.0 Å². The standard InChI is InChI=1S/C42H64S4/c1-3-5-7-9-11-13-15-17-19-21-23-25-27-37-29-35(33-43-37)39-31-41-42(45-39)32-40(46-41)36-30-38(44-34-36)28-26-24-22-20-18-16-14-12-10-8-6-4-2/h29-34H,3-28H2,1-2H3. The van der Waals surface area contributed by atoms with Crippen molar-refractivity contribution in [2.45, 2.75) is 181 Å². The lowest BCUT2D eigenvalue weighted by Gasteiger charge is -2.02. The Morgan fingerprint density at radius 3 is 1.00 bits per heavy atom. The zero-order valence-corrected chi connectivity index (χ0v) is 32.7. The maximum Gasteiger partial charge on any atom is 0.0463 e. The van der Waals surface area contributed by atoms with Gasteiger partial charge >= 0.3 is 0 Å². The lowest BCUT2D eigenvalue weighted by molar-refractivity contribution is 0.544. The Labute approximate surface area is 299 Å². The molecule has 0 radical (unpaired) electrons. The fraction of sp³-hybridized carbons (Fsp3) is 0.667. The van der Waals surface area contributed by atoms with E-state index in [1.54, 1.807) is 9.75 Å². The molecule has 4 heteroatoms. The normalized spacial score (nSPS) is 11.8. The molecule has 0 spiro atoms. The van der Waals surface area contributed by atoms with Crippen LogP contribution in [-0.4, -0.2) is 0 Å². The molecule has 0 aliphatic rings. The smallest absolute Gasteiger partial charge is 0.0463 e. The second-order valence-electron chi connectivity index (χ2n) is 13.8. The third-order valence-electron chi connectivity index (χ3n) is 9.64. The first-order valence-electron chi connectivity index (χ1n) is 19.5. The predicted octanol–water partition coefficient (Wildman–Crippen LogP) is 16.9. The molecule has 0 saturated heterocycles. The SMILES string of the molecule is CCCCCCCCCCCCCCc1cc(-c2cc3sc(-c4csc(CCCCCCCCCCCCCC)c4)cc3s2)cs1. The molecule has 0 fully saturated rings. The zero-order valence-electron chi connectivity index (χ0n) is 29.5. The van der Waals surface area contributed by atoms with Crippen LogP contribution in [0, 0.1) is 0 Å². The van der Waals surface area contributed by atoms with E-state index in [4.69, 9.17) is 0 Å². The van der Waals surface area contributed by atoms with E-state index < -0.39 is 0 Å². The first kappa shape index (κ1) is 37.9. The van der Waals surface area contributed by atoms with Gasteiger partial charge in [0.1, 0.15) is 0 Å². The lowest BCUT2D eigenvalue weighted by Crippen LogP contribution is -1.84. The highest BCUT2D eigenvalue weighted by Crippen LogP contribution is 2.43. The Bertz CT molecular complexity index is 1170. The summed E-state index contributed by atoms with van der Waals surface area (Å²) in [6.45, 7) is 4.61. The van der Waals surface area contributed by atoms with Gasteiger partial charge in [-0.25, -0.2) is 0 Å². The molecule has 4 heterocycles. The summed E-state index contributed by atoms with van der Waals surface area (Å²) in [7, 11) is 0. The Hall–Kier alpha value is -0.940. The summed E-state index contributed by atoms with van der Waals surface area (Å²) in [4.78, 5) is 6.03. The summed E-state index contributed by atoms with van der Waals surface area (Å²) in [6, 6.07) is 9.84. The van der Waals surface area contributed by atoms with E-state index in [0.717, 1.165) is 0 Å². The van der Waals surface area contributed by atoms with E-state index in [1.165, 1.54) is 197 Å². The summed E-state index contributed by atoms with van der Waals surface area (Å²) < 4.78 is 2.91. The molecule has 0 aliphatic heterocycles. The summed E-state index contributed by atoms with van der Waals surface area (Å²) in [5, 5.41) is 4.79. The zero-order chi connectivity index (χ0) is 32.1. The molecule has 0 saturated carbocycles. The maximum atomic E-state index is 2.47. The molecule has 4 aromatic heterocycles. The van der Waals surface area contributed by atoms with Crippen molar-refractivity contribution < 1.29 is 0 Å². The van der Waals surface area contributed by atoms with Crippen molar-refractivity contribution in [1.82, 2.24) is 0 Å². The summed E-state index contributed by atoms with van der Waals surface area (Å²) >= 11 is 7.91. The Balaban J connectivity index is 1.08. The van der Waals surface area contributed by atoms with Crippen LogP contribution in [0.4, 0.5) is 0 Å². The number of thiophene rings is 4. The summed E-state index contributed by atoms with van der Waals surface area (Å²) in [6.07, 6.45) is 36.7. The Morgan fingerprint density at radius 1 is 0.370 bits per heavy atom. The van der Waals surface area contributed by atoms with E-state index in [0.29, 0.717) is 0 Å². The lowest BCUT2D eigenvalue weighted by atomic mass is 10.0. The third kappa shape index (κ3) is 14.3. The number of rotatable bonds is 28. The van der Waals surface area contributed by atoms with Crippen LogP contribution >= 0.6 is 45.3 Å². The fourth-order valence-corrected chi connectivity index (χ4v) is 11.1. The quantitative estimate of drug-likeness (QED) is 0.0519. The van der Waals surface area contributed by atoms with Crippen molar-refractivity contribution in [2.24, 2.45) is 0 Å². The molecular formula is C42H64S4. The minimum atomic E-state index is 1.26. The van der Waals surface area contributed by atoms with Crippen LogP contribution in [0.1, 0.15) is 178 Å². The monoisotopic (exact) mass is 696 g/mol. The number of hydrogen-bond acceptors (Lipinski definition) is 4. The Kier molecular flexibility index (Phi) is 19.3. The summed E-state index contributed by atoms with van der Waals surface area (Å²) in [5.74, 6) is 0. The van der Waals surface area contributed by atoms with Crippen LogP contribution in [0.25, 0.3) is 30.3 Å². The van der Waals surface area contributed by atoms with Gasteiger partial charge in [0.05, 0.1) is 0 Å². The summed E-state index contributed by atoms with van der Waals surface area (Å²) in [5.41, 5.74) is 2.88. The van der Waals surface area contributed by atoms with Crippen molar-refractivity contribution in [1.29, 1.82) is 0 Å². The number of unbranched alkanes of at least 4 members (excludes halogenated alkanes) is 22. The van der Waals surface area contributed by atoms with Gasteiger partial charge in [0.25, 0.3) is 0 Å². The molecule has 0 nitrogen and oxygen atoms in total. The van der Waals surface area contributed by atoms with Gasteiger partial charge < -0.3 is 0 Å². The molecule has 0 bridgehead atoms. The van der Waals surface area contributed by atoms with E-state index >= 15 is 0 Å². The molecule has 4 rings (SSSR count). The molecule has 0 aromatic carbocycles. The number of hydrogen-bond donors (Lipinski definition) is 0. The third-order valence-corrected chi connectivity index (χ3v) is 14.0. The van der Waals surface area contributed by atoms with Gasteiger partial charge in [-0.2, -0.15) is 0 Å². The van der Waals surface area contributed by atoms with Crippen LogP contribution in [0.2, 0.25) is 0 Å². The van der Waals surface area contributed by atoms with Crippen LogP contribution < -0.4 is 0 Å². The van der Waals surface area contributed by atoms with Crippen molar-refractivity contribution in [2.75, 3.05) is 0 Å². The van der Waals surface area contributed by atoms with E-state index in [2.05, 4.69) is 48.9 Å². The number of aryl methyl sites for hydroxylation is 2. The molecule has 0 aliphatic carbocycles. The van der Waals surface area contributed by atoms with Crippen molar-refractivity contribution in [3.8, 4) is 20.9 Å². The van der Waals surface area contributed by atoms with Gasteiger partial charge in [-0.15, -0.1) is 45.3 Å². The van der Waals surface area contributed by atoms with E-state index in [1.807, 2.05) is 45.3 Å². The molecular weight excluding hydrogens is 633 g/mol. The van der Waals surface area contributed by atoms with Gasteiger partial charge in [-0.05, 0) is 60.7 Å². The minimum Gasteiger partial charge on any atom is -0.148 e. The Morgan fingerprint density at radius 2 is 0.674 bits per heavy atom. The first-order chi connectivity index (χ1) is 22.8. The van der Waals surface area contributed by atoms with Crippen molar-refractivity contribution in [3.63, 3.8) is 0 Å². The van der Waals surface area contributed by atoms with E-state index in [9.17, 15) is 0 Å². The molecule has 46 heavy (non-hydrogen) atoms. The molecule has 256 valence electrons. The average molecular weight is 697 g/mol. The second-order valence-corrected chi connectivity index (χ2v) is 18.0. The van der Waals surface area contributed by atoms with E-state index in [-0.39, 0.29) is 0 Å². The van der Waals surface area contributed by atoms with Gasteiger partial charge in [0.2, 0.25) is 0 Å². The van der Waals surface area contributed by atoms with Crippen molar-refractivity contribution in [3.05, 3.63) is 44.8 Å². The first-order valence-corrected chi connectivity index (χ1v) is 22.8. The topological polar surface area (TPSA) is 0 Å². The highest BCUT2D eigenvalue weighted by atomic mass is 32.1. The van der Waals surface area contributed by atoms with Crippen molar-refractivity contribution >= 4 is 54.7 Å². The highest BCUT2D eigenvalue weighted by Gasteiger charge is 2.12. The van der Waals surface area contributed by atoms with Gasteiger partial charge in [-0.1, -0.05) is 155 Å². The maximum absolute atomic E-state index is 2.47. The average Bonchev–Trinajstić information content (AvgIpc) is 3.86. The second kappa shape index (κ2) is 23.4. The highest BCUT2D eigenvalue weighted by molar-refractivity contribution is 7.31. The fourth-order valence-electron chi connectivity index (χ4n) is 6.68. The van der Waals surface area contributed by atoms with Gasteiger partial charge in [0.15, 0.2) is 0 Å². The predicted molar refractivity (Wildman–Crippen MR) is 216 cm³/mol. The largest absolute Gasteiger partial charge is 0.148 e.